The second-order valence-electron chi connectivity index (χ2n) is 4.48. The van der Waals surface area contributed by atoms with Gasteiger partial charge in [-0.25, -0.2) is 0 Å². The molecule has 0 aliphatic carbocycles. The van der Waals surface area contributed by atoms with E-state index in [-0.39, 0.29) is 17.6 Å². The largest absolute Gasteiger partial charge is 0.279 e. The molecule has 2 amide bonds. The van der Waals surface area contributed by atoms with Gasteiger partial charge in [-0.3, -0.25) is 20.4 Å². The van der Waals surface area contributed by atoms with Crippen molar-refractivity contribution in [1.29, 1.82) is 0 Å². The second-order valence-corrected chi connectivity index (χ2v) is 6.37. The molecule has 0 aliphatic rings. The predicted octanol–water partition coefficient (Wildman–Crippen LogP) is 1.28. The van der Waals surface area contributed by atoms with Gasteiger partial charge < -0.3 is 0 Å². The van der Waals surface area contributed by atoms with Crippen molar-refractivity contribution in [1.82, 2.24) is 31.1 Å². The Labute approximate surface area is 145 Å². The topological polar surface area (TPSA) is 102 Å². The highest BCUT2D eigenvalue weighted by molar-refractivity contribution is 7.99. The number of carbonyl (C=O) groups is 2. The van der Waals surface area contributed by atoms with Crippen LogP contribution in [0.25, 0.3) is 5.69 Å². The molecule has 1 aromatic carbocycles. The SMILES string of the molecule is O=C(CSc1nnnn1-c1ccccc1)NNC(=O)c1cccs1. The highest BCUT2D eigenvalue weighted by atomic mass is 32.2. The molecule has 0 spiro atoms. The summed E-state index contributed by atoms with van der Waals surface area (Å²) in [5.74, 6) is -0.636. The lowest BCUT2D eigenvalue weighted by molar-refractivity contribution is -0.119. The molecule has 122 valence electrons. The van der Waals surface area contributed by atoms with E-state index in [0.717, 1.165) is 5.69 Å². The summed E-state index contributed by atoms with van der Waals surface area (Å²) in [7, 11) is 0. The molecule has 0 fully saturated rings. The van der Waals surface area contributed by atoms with Crippen molar-refractivity contribution in [3.63, 3.8) is 0 Å². The number of hydrogen-bond donors (Lipinski definition) is 2. The van der Waals surface area contributed by atoms with Gasteiger partial charge in [-0.05, 0) is 34.0 Å². The van der Waals surface area contributed by atoms with E-state index in [1.165, 1.54) is 23.1 Å². The summed E-state index contributed by atoms with van der Waals surface area (Å²) < 4.78 is 1.54. The number of aromatic nitrogens is 4. The van der Waals surface area contributed by atoms with Gasteiger partial charge in [0.05, 0.1) is 16.3 Å². The number of carbonyl (C=O) groups excluding carboxylic acids is 2. The first-order valence-electron chi connectivity index (χ1n) is 6.83. The zero-order valence-electron chi connectivity index (χ0n) is 12.2. The third-order valence-electron chi connectivity index (χ3n) is 2.83. The Hall–Kier alpha value is -2.72. The van der Waals surface area contributed by atoms with Crippen molar-refractivity contribution in [2.75, 3.05) is 5.75 Å². The van der Waals surface area contributed by atoms with Crippen LogP contribution in [0.15, 0.2) is 53.0 Å². The van der Waals surface area contributed by atoms with Gasteiger partial charge in [0, 0.05) is 0 Å². The van der Waals surface area contributed by atoms with Gasteiger partial charge in [-0.2, -0.15) is 4.68 Å². The molecule has 0 saturated carbocycles. The maximum Gasteiger partial charge on any atom is 0.279 e. The Morgan fingerprint density at radius 3 is 2.71 bits per heavy atom. The average molecular weight is 360 g/mol. The Balaban J connectivity index is 1.52. The molecule has 0 unspecified atom stereocenters. The number of thiophene rings is 1. The number of nitrogens with zero attached hydrogens (tertiary/aromatic N) is 4. The summed E-state index contributed by atoms with van der Waals surface area (Å²) in [4.78, 5) is 24.1. The fourth-order valence-corrected chi connectivity index (χ4v) is 3.07. The van der Waals surface area contributed by atoms with E-state index < -0.39 is 0 Å². The fraction of sp³-hybridized carbons (Fsp3) is 0.0714. The van der Waals surface area contributed by atoms with Crippen molar-refractivity contribution in [2.24, 2.45) is 0 Å². The molecule has 0 saturated heterocycles. The second kappa shape index (κ2) is 7.70. The van der Waals surface area contributed by atoms with Crippen LogP contribution in [0.1, 0.15) is 9.67 Å². The first-order chi connectivity index (χ1) is 11.7. The average Bonchev–Trinajstić information content (AvgIpc) is 3.30. The Kier molecular flexibility index (Phi) is 5.18. The molecule has 10 heteroatoms. The molecule has 3 rings (SSSR count). The molecule has 0 aliphatic heterocycles. The van der Waals surface area contributed by atoms with E-state index in [9.17, 15) is 9.59 Å². The fourth-order valence-electron chi connectivity index (χ4n) is 1.76. The number of hydrazine groups is 1. The monoisotopic (exact) mass is 360 g/mol. The summed E-state index contributed by atoms with van der Waals surface area (Å²) in [6, 6.07) is 12.8. The molecule has 8 nitrogen and oxygen atoms in total. The summed E-state index contributed by atoms with van der Waals surface area (Å²) in [5.41, 5.74) is 5.53. The molecule has 2 N–H and O–H groups in total. The summed E-state index contributed by atoms with van der Waals surface area (Å²) in [5, 5.41) is 13.7. The maximum atomic E-state index is 11.8. The lowest BCUT2D eigenvalue weighted by Gasteiger charge is -2.06. The lowest BCUT2D eigenvalue weighted by atomic mass is 10.3. The number of tetrazole rings is 1. The standard InChI is InChI=1S/C14H12N6O2S2/c21-12(15-16-13(22)11-7-4-8-23-11)9-24-14-17-18-19-20(14)10-5-2-1-3-6-10/h1-8H,9H2,(H,15,21)(H,16,22). The molecular weight excluding hydrogens is 348 g/mol. The van der Waals surface area contributed by atoms with E-state index in [0.29, 0.717) is 10.0 Å². The minimum atomic E-state index is -0.354. The van der Waals surface area contributed by atoms with Gasteiger partial charge in [0.25, 0.3) is 5.91 Å². The number of hydrogen-bond acceptors (Lipinski definition) is 7. The van der Waals surface area contributed by atoms with Gasteiger partial charge in [0.1, 0.15) is 0 Å². The van der Waals surface area contributed by atoms with Crippen molar-refractivity contribution in [3.05, 3.63) is 52.7 Å². The molecule has 2 heterocycles. The Bertz CT molecular complexity index is 819. The smallest absolute Gasteiger partial charge is 0.272 e. The highest BCUT2D eigenvalue weighted by Gasteiger charge is 2.12. The molecule has 3 aromatic rings. The lowest BCUT2D eigenvalue weighted by Crippen LogP contribution is -2.42. The van der Waals surface area contributed by atoms with Crippen molar-refractivity contribution in [2.45, 2.75) is 5.16 Å². The van der Waals surface area contributed by atoms with Crippen molar-refractivity contribution >= 4 is 34.9 Å². The van der Waals surface area contributed by atoms with E-state index in [1.807, 2.05) is 30.3 Å². The van der Waals surface area contributed by atoms with Gasteiger partial charge in [0.2, 0.25) is 11.1 Å². The van der Waals surface area contributed by atoms with E-state index in [4.69, 9.17) is 0 Å². The first kappa shape index (κ1) is 16.1. The molecule has 2 aromatic heterocycles. The summed E-state index contributed by atoms with van der Waals surface area (Å²) >= 11 is 2.47. The minimum absolute atomic E-state index is 0.0674. The van der Waals surface area contributed by atoms with Crippen LogP contribution < -0.4 is 10.9 Å². The molecule has 0 radical (unpaired) electrons. The van der Waals surface area contributed by atoms with Gasteiger partial charge >= 0.3 is 0 Å². The van der Waals surface area contributed by atoms with E-state index in [2.05, 4.69) is 26.4 Å². The number of benzene rings is 1. The maximum absolute atomic E-state index is 11.8. The van der Waals surface area contributed by atoms with Gasteiger partial charge in [0.15, 0.2) is 0 Å². The zero-order chi connectivity index (χ0) is 16.8. The summed E-state index contributed by atoms with van der Waals surface area (Å²) in [6.07, 6.45) is 0. The normalized spacial score (nSPS) is 10.3. The quantitative estimate of drug-likeness (QED) is 0.525. The van der Waals surface area contributed by atoms with Crippen LogP contribution in [-0.4, -0.2) is 37.8 Å². The summed E-state index contributed by atoms with van der Waals surface area (Å²) in [6.45, 7) is 0. The van der Waals surface area contributed by atoms with Crippen molar-refractivity contribution in [3.8, 4) is 5.69 Å². The number of rotatable bonds is 5. The molecule has 0 bridgehead atoms. The third-order valence-corrected chi connectivity index (χ3v) is 4.62. The molecule has 0 atom stereocenters. The van der Waals surface area contributed by atoms with Gasteiger partial charge in [-0.15, -0.1) is 16.4 Å². The van der Waals surface area contributed by atoms with Crippen molar-refractivity contribution < 1.29 is 9.59 Å². The molecular formula is C14H12N6O2S2. The van der Waals surface area contributed by atoms with Crippen LogP contribution in [0.2, 0.25) is 0 Å². The zero-order valence-corrected chi connectivity index (χ0v) is 13.9. The Morgan fingerprint density at radius 1 is 1.12 bits per heavy atom. The minimum Gasteiger partial charge on any atom is -0.272 e. The number of para-hydroxylation sites is 1. The number of amides is 2. The third kappa shape index (κ3) is 3.97. The van der Waals surface area contributed by atoms with Crippen LogP contribution in [0.3, 0.4) is 0 Å². The van der Waals surface area contributed by atoms with Crippen LogP contribution in [-0.2, 0) is 4.79 Å². The van der Waals surface area contributed by atoms with E-state index >= 15 is 0 Å². The highest BCUT2D eigenvalue weighted by Crippen LogP contribution is 2.17. The Morgan fingerprint density at radius 2 is 1.96 bits per heavy atom. The molecule has 24 heavy (non-hydrogen) atoms. The number of thioether (sulfide) groups is 1. The van der Waals surface area contributed by atoms with Gasteiger partial charge in [-0.1, -0.05) is 36.0 Å². The van der Waals surface area contributed by atoms with Crippen LogP contribution in [0.4, 0.5) is 0 Å². The van der Waals surface area contributed by atoms with Crippen LogP contribution >= 0.6 is 23.1 Å². The van der Waals surface area contributed by atoms with E-state index in [1.54, 1.807) is 22.2 Å². The first-order valence-corrected chi connectivity index (χ1v) is 8.70. The predicted molar refractivity (Wildman–Crippen MR) is 89.8 cm³/mol. The number of nitrogens with one attached hydrogen (secondary N) is 2. The van der Waals surface area contributed by atoms with Crippen LogP contribution in [0, 0.1) is 0 Å². The van der Waals surface area contributed by atoms with Crippen LogP contribution in [0.5, 0.6) is 0 Å².